The molecule has 2 aromatic carbocycles. The van der Waals surface area contributed by atoms with Crippen LogP contribution in [0.1, 0.15) is 31.8 Å². The van der Waals surface area contributed by atoms with Gasteiger partial charge >= 0.3 is 11.9 Å². The van der Waals surface area contributed by atoms with Crippen molar-refractivity contribution in [2.75, 3.05) is 28.4 Å². The Balaban J connectivity index is 2.35. The summed E-state index contributed by atoms with van der Waals surface area (Å²) in [5.74, 6) is -0.0816. The van der Waals surface area contributed by atoms with Crippen LogP contribution in [0.15, 0.2) is 36.4 Å². The summed E-state index contributed by atoms with van der Waals surface area (Å²) in [7, 11) is 5.61. The number of esters is 2. The maximum absolute atomic E-state index is 11.9. The molecule has 0 aromatic heterocycles. The van der Waals surface area contributed by atoms with Crippen LogP contribution in [-0.4, -0.2) is 40.4 Å². The van der Waals surface area contributed by atoms with Crippen molar-refractivity contribution in [1.29, 1.82) is 0 Å². The predicted octanol–water partition coefficient (Wildman–Crippen LogP) is 3.45. The number of hydrogen-bond acceptors (Lipinski definition) is 6. The number of ether oxygens (including phenoxy) is 4. The van der Waals surface area contributed by atoms with Crippen LogP contribution in [0, 0.1) is 0 Å². The summed E-state index contributed by atoms with van der Waals surface area (Å²) in [6.07, 6.45) is 3.63. The highest BCUT2D eigenvalue weighted by atomic mass is 16.5. The average molecular weight is 356 g/mol. The lowest BCUT2D eigenvalue weighted by Gasteiger charge is -2.08. The number of hydrogen-bond donors (Lipinski definition) is 0. The van der Waals surface area contributed by atoms with Gasteiger partial charge < -0.3 is 18.9 Å². The monoisotopic (exact) mass is 356 g/mol. The minimum atomic E-state index is -0.477. The zero-order chi connectivity index (χ0) is 19.1. The van der Waals surface area contributed by atoms with Gasteiger partial charge in [0.1, 0.15) is 22.6 Å². The SMILES string of the molecule is COC(=O)c1cc(/C=C/c2ccc(OC)c(C(=O)OC)c2)ccc1OC. The van der Waals surface area contributed by atoms with E-state index < -0.39 is 11.9 Å². The Kier molecular flexibility index (Phi) is 6.38. The third kappa shape index (κ3) is 4.22. The lowest BCUT2D eigenvalue weighted by Crippen LogP contribution is -2.04. The van der Waals surface area contributed by atoms with Gasteiger partial charge in [0.25, 0.3) is 0 Å². The van der Waals surface area contributed by atoms with Crippen molar-refractivity contribution in [3.8, 4) is 11.5 Å². The molecule has 0 amide bonds. The Morgan fingerprint density at radius 3 is 1.38 bits per heavy atom. The van der Waals surface area contributed by atoms with E-state index in [0.29, 0.717) is 22.6 Å². The fourth-order valence-corrected chi connectivity index (χ4v) is 2.39. The molecule has 6 heteroatoms. The molecule has 0 spiro atoms. The Morgan fingerprint density at radius 2 is 1.08 bits per heavy atom. The molecule has 136 valence electrons. The first-order chi connectivity index (χ1) is 12.5. The molecule has 0 radical (unpaired) electrons. The summed E-state index contributed by atoms with van der Waals surface area (Å²) in [6, 6.07) is 10.4. The minimum absolute atomic E-state index is 0.335. The van der Waals surface area contributed by atoms with Crippen LogP contribution in [-0.2, 0) is 9.47 Å². The van der Waals surface area contributed by atoms with E-state index in [0.717, 1.165) is 11.1 Å². The maximum atomic E-state index is 11.9. The van der Waals surface area contributed by atoms with E-state index in [1.165, 1.54) is 28.4 Å². The topological polar surface area (TPSA) is 71.1 Å². The molecule has 0 aliphatic heterocycles. The molecule has 0 aliphatic carbocycles. The quantitative estimate of drug-likeness (QED) is 0.583. The van der Waals surface area contributed by atoms with Crippen LogP contribution in [0.25, 0.3) is 12.2 Å². The van der Waals surface area contributed by atoms with Gasteiger partial charge in [0, 0.05) is 0 Å². The lowest BCUT2D eigenvalue weighted by atomic mass is 10.1. The van der Waals surface area contributed by atoms with Crippen molar-refractivity contribution < 1.29 is 28.5 Å². The Bertz CT molecular complexity index is 769. The normalized spacial score (nSPS) is 10.5. The molecule has 0 heterocycles. The molecule has 2 aromatic rings. The Hall–Kier alpha value is -3.28. The van der Waals surface area contributed by atoms with Gasteiger partial charge in [-0.2, -0.15) is 0 Å². The highest BCUT2D eigenvalue weighted by Crippen LogP contribution is 2.24. The van der Waals surface area contributed by atoms with E-state index in [2.05, 4.69) is 0 Å². The molecular weight excluding hydrogens is 336 g/mol. The Labute approximate surface area is 151 Å². The number of benzene rings is 2. The summed E-state index contributed by atoms with van der Waals surface area (Å²) >= 11 is 0. The molecule has 0 saturated carbocycles. The highest BCUT2D eigenvalue weighted by molar-refractivity contribution is 5.94. The summed E-state index contributed by atoms with van der Waals surface area (Å²) in [5.41, 5.74) is 2.23. The number of carbonyl (C=O) groups is 2. The summed E-state index contributed by atoms with van der Waals surface area (Å²) in [4.78, 5) is 23.7. The zero-order valence-corrected chi connectivity index (χ0v) is 15.1. The van der Waals surface area contributed by atoms with Crippen molar-refractivity contribution in [1.82, 2.24) is 0 Å². The number of rotatable bonds is 6. The number of methoxy groups -OCH3 is 4. The second-order valence-corrected chi connectivity index (χ2v) is 5.24. The molecule has 26 heavy (non-hydrogen) atoms. The first-order valence-electron chi connectivity index (χ1n) is 7.74. The van der Waals surface area contributed by atoms with Crippen LogP contribution in [0.4, 0.5) is 0 Å². The first kappa shape index (κ1) is 19.1. The largest absolute Gasteiger partial charge is 0.496 e. The first-order valence-corrected chi connectivity index (χ1v) is 7.74. The molecule has 6 nitrogen and oxygen atoms in total. The van der Waals surface area contributed by atoms with Gasteiger partial charge in [-0.15, -0.1) is 0 Å². The summed E-state index contributed by atoms with van der Waals surface area (Å²) in [6.45, 7) is 0. The lowest BCUT2D eigenvalue weighted by molar-refractivity contribution is 0.0588. The maximum Gasteiger partial charge on any atom is 0.341 e. The second kappa shape index (κ2) is 8.71. The molecule has 0 N–H and O–H groups in total. The second-order valence-electron chi connectivity index (χ2n) is 5.24. The van der Waals surface area contributed by atoms with E-state index in [1.807, 2.05) is 24.3 Å². The van der Waals surface area contributed by atoms with E-state index in [-0.39, 0.29) is 0 Å². The van der Waals surface area contributed by atoms with E-state index in [1.54, 1.807) is 24.3 Å². The molecular formula is C20H20O6. The molecule has 0 bridgehead atoms. The summed E-state index contributed by atoms with van der Waals surface area (Å²) < 4.78 is 19.9. The smallest absolute Gasteiger partial charge is 0.341 e. The predicted molar refractivity (Wildman–Crippen MR) is 97.6 cm³/mol. The highest BCUT2D eigenvalue weighted by Gasteiger charge is 2.14. The van der Waals surface area contributed by atoms with Crippen molar-refractivity contribution in [2.24, 2.45) is 0 Å². The summed E-state index contributed by atoms with van der Waals surface area (Å²) in [5, 5.41) is 0. The van der Waals surface area contributed by atoms with Crippen LogP contribution < -0.4 is 9.47 Å². The van der Waals surface area contributed by atoms with Gasteiger partial charge in [-0.3, -0.25) is 0 Å². The molecule has 0 fully saturated rings. The van der Waals surface area contributed by atoms with Gasteiger partial charge in [-0.1, -0.05) is 24.3 Å². The number of carbonyl (C=O) groups excluding carboxylic acids is 2. The molecule has 0 aliphatic rings. The van der Waals surface area contributed by atoms with E-state index in [9.17, 15) is 9.59 Å². The van der Waals surface area contributed by atoms with Crippen LogP contribution in [0.5, 0.6) is 11.5 Å². The molecule has 0 saturated heterocycles. The molecule has 0 unspecified atom stereocenters. The molecule has 2 rings (SSSR count). The minimum Gasteiger partial charge on any atom is -0.496 e. The van der Waals surface area contributed by atoms with Gasteiger partial charge in [0.15, 0.2) is 0 Å². The van der Waals surface area contributed by atoms with Gasteiger partial charge in [0.2, 0.25) is 0 Å². The average Bonchev–Trinajstić information content (AvgIpc) is 2.70. The zero-order valence-electron chi connectivity index (χ0n) is 15.1. The Morgan fingerprint density at radius 1 is 0.692 bits per heavy atom. The van der Waals surface area contributed by atoms with Crippen LogP contribution in [0.3, 0.4) is 0 Å². The third-order valence-corrected chi connectivity index (χ3v) is 3.73. The van der Waals surface area contributed by atoms with E-state index in [4.69, 9.17) is 18.9 Å². The van der Waals surface area contributed by atoms with Crippen molar-refractivity contribution in [3.63, 3.8) is 0 Å². The molecule has 0 atom stereocenters. The van der Waals surface area contributed by atoms with Crippen LogP contribution >= 0.6 is 0 Å². The fraction of sp³-hybridized carbons (Fsp3) is 0.200. The van der Waals surface area contributed by atoms with Gasteiger partial charge in [-0.05, 0) is 35.4 Å². The third-order valence-electron chi connectivity index (χ3n) is 3.73. The van der Waals surface area contributed by atoms with Gasteiger partial charge in [-0.25, -0.2) is 9.59 Å². The standard InChI is InChI=1S/C20H20O6/c1-23-17-9-7-13(11-15(17)19(21)25-3)5-6-14-8-10-18(24-2)16(12-14)20(22)26-4/h5-12H,1-4H3/b6-5+. The van der Waals surface area contributed by atoms with E-state index >= 15 is 0 Å². The van der Waals surface area contributed by atoms with Crippen molar-refractivity contribution in [2.45, 2.75) is 0 Å². The fourth-order valence-electron chi connectivity index (χ4n) is 2.39. The van der Waals surface area contributed by atoms with Crippen LogP contribution in [0.2, 0.25) is 0 Å². The van der Waals surface area contributed by atoms with Crippen molar-refractivity contribution >= 4 is 24.1 Å². The van der Waals surface area contributed by atoms with Crippen molar-refractivity contribution in [3.05, 3.63) is 58.7 Å². The van der Waals surface area contributed by atoms with Gasteiger partial charge in [0.05, 0.1) is 28.4 Å².